The molecule has 6 aliphatic rings. The molecule has 8 nitrogen and oxygen atoms in total. The molecule has 0 spiro atoms. The van der Waals surface area contributed by atoms with Gasteiger partial charge in [0.15, 0.2) is 0 Å². The Morgan fingerprint density at radius 2 is 1.64 bits per heavy atom. The number of nitrogens with zero attached hydrogens (tertiary/aromatic N) is 3. The standard InChI is InChI=1S/C42H54N4O4/c1-8-10-11-12-13-14-15-18-50-38(49)17-16-29-24(4)32-20-33-25(5)39(27(7)47)36(44-33)22-31-23(3)28(9-2)35(43-31)21-34-26(6)40-37(48)19-30(41(29)45-32)42(40)46-34/h20-22,24,27,29,45,47-48H,8-19H2,1-7H3/t24-,27+,29-/m0/s1. The lowest BCUT2D eigenvalue weighted by molar-refractivity contribution is -0.144. The van der Waals surface area contributed by atoms with Crippen LogP contribution < -0.4 is 5.32 Å². The SMILES string of the molecule is CCCCCCCCCOC(=O)CC[C@@H]1C2=C3CC(O)=C4C3=NC(=C4C)C=C3N=C(C=C4N=C(C=C(N2)[C@H]1C)C(C)=C4[C@@H](C)O)C(C)=C3CC. The van der Waals surface area contributed by atoms with Gasteiger partial charge in [-0.05, 0) is 87.5 Å². The molecule has 6 rings (SSSR count). The zero-order valence-corrected chi connectivity index (χ0v) is 31.0. The number of esters is 1. The van der Waals surface area contributed by atoms with Crippen LogP contribution in [0.2, 0.25) is 0 Å². The summed E-state index contributed by atoms with van der Waals surface area (Å²) in [4.78, 5) is 28.3. The molecule has 266 valence electrons. The normalized spacial score (nSPS) is 23.4. The first-order valence-electron chi connectivity index (χ1n) is 18.8. The van der Waals surface area contributed by atoms with Gasteiger partial charge in [-0.25, -0.2) is 15.0 Å². The molecule has 3 atom stereocenters. The monoisotopic (exact) mass is 678 g/mol. The van der Waals surface area contributed by atoms with Crippen LogP contribution >= 0.6 is 0 Å². The molecule has 5 aliphatic heterocycles. The van der Waals surface area contributed by atoms with Gasteiger partial charge < -0.3 is 20.3 Å². The maximum Gasteiger partial charge on any atom is 0.305 e. The lowest BCUT2D eigenvalue weighted by atomic mass is 9.86. The fraction of sp³-hybridized carbons (Fsp3) is 0.524. The summed E-state index contributed by atoms with van der Waals surface area (Å²) >= 11 is 0. The molecule has 1 fully saturated rings. The Labute approximate surface area is 297 Å². The van der Waals surface area contributed by atoms with Crippen molar-refractivity contribution in [1.29, 1.82) is 0 Å². The lowest BCUT2D eigenvalue weighted by Crippen LogP contribution is -2.16. The number of allylic oxidation sites excluding steroid dienone is 11. The zero-order valence-electron chi connectivity index (χ0n) is 31.0. The minimum atomic E-state index is -0.703. The van der Waals surface area contributed by atoms with Crippen LogP contribution in [0, 0.1) is 11.8 Å². The smallest absolute Gasteiger partial charge is 0.305 e. The summed E-state index contributed by atoms with van der Waals surface area (Å²) in [6.45, 7) is 14.9. The van der Waals surface area contributed by atoms with Crippen LogP contribution in [0.5, 0.6) is 0 Å². The van der Waals surface area contributed by atoms with Gasteiger partial charge in [0.1, 0.15) is 5.76 Å². The van der Waals surface area contributed by atoms with E-state index in [-0.39, 0.29) is 17.8 Å². The van der Waals surface area contributed by atoms with Crippen LogP contribution in [0.25, 0.3) is 0 Å². The average molecular weight is 679 g/mol. The first kappa shape index (κ1) is 35.8. The van der Waals surface area contributed by atoms with Crippen molar-refractivity contribution >= 4 is 23.1 Å². The van der Waals surface area contributed by atoms with Gasteiger partial charge in [0.05, 0.1) is 46.9 Å². The molecule has 1 aliphatic carbocycles. The van der Waals surface area contributed by atoms with Crippen molar-refractivity contribution in [2.45, 2.75) is 125 Å². The van der Waals surface area contributed by atoms with Gasteiger partial charge >= 0.3 is 5.97 Å². The highest BCUT2D eigenvalue weighted by molar-refractivity contribution is 6.21. The van der Waals surface area contributed by atoms with Gasteiger partial charge in [-0.1, -0.05) is 59.3 Å². The second-order valence-corrected chi connectivity index (χ2v) is 14.6. The third-order valence-electron chi connectivity index (χ3n) is 11.2. The predicted octanol–water partition coefficient (Wildman–Crippen LogP) is 9.11. The molecule has 0 aromatic heterocycles. The summed E-state index contributed by atoms with van der Waals surface area (Å²) in [5.41, 5.74) is 13.5. The minimum absolute atomic E-state index is 0.00741. The summed E-state index contributed by atoms with van der Waals surface area (Å²) in [5.74, 6) is 0.197. The Hall–Kier alpha value is -4.04. The number of aliphatic hydroxyl groups is 2. The number of fused-ring (bicyclic) bond motifs is 5. The molecule has 0 radical (unpaired) electrons. The molecule has 0 aromatic carbocycles. The number of rotatable bonds is 13. The van der Waals surface area contributed by atoms with Gasteiger partial charge in [0.25, 0.3) is 0 Å². The largest absolute Gasteiger partial charge is 0.511 e. The van der Waals surface area contributed by atoms with E-state index in [4.69, 9.17) is 19.7 Å². The number of hydrogen-bond donors (Lipinski definition) is 3. The fourth-order valence-corrected chi connectivity index (χ4v) is 8.24. The predicted molar refractivity (Wildman–Crippen MR) is 202 cm³/mol. The van der Waals surface area contributed by atoms with E-state index in [0.717, 1.165) is 104 Å². The molecular weight excluding hydrogens is 624 g/mol. The molecule has 0 amide bonds. The Kier molecular flexibility index (Phi) is 10.8. The van der Waals surface area contributed by atoms with Crippen LogP contribution in [0.15, 0.2) is 106 Å². The van der Waals surface area contributed by atoms with E-state index in [1.807, 2.05) is 26.0 Å². The summed E-state index contributed by atoms with van der Waals surface area (Å²) in [7, 11) is 0. The molecule has 0 unspecified atom stereocenters. The van der Waals surface area contributed by atoms with E-state index in [1.54, 1.807) is 6.92 Å². The van der Waals surface area contributed by atoms with E-state index in [0.29, 0.717) is 31.6 Å². The van der Waals surface area contributed by atoms with Crippen molar-refractivity contribution in [3.8, 4) is 0 Å². The zero-order chi connectivity index (χ0) is 35.7. The maximum absolute atomic E-state index is 13.0. The number of aliphatic hydroxyl groups excluding tert-OH is 2. The maximum atomic E-state index is 13.0. The molecule has 8 bridgehead atoms. The quantitative estimate of drug-likeness (QED) is 0.133. The highest BCUT2D eigenvalue weighted by atomic mass is 16.5. The topological polar surface area (TPSA) is 116 Å². The molecule has 50 heavy (non-hydrogen) atoms. The average Bonchev–Trinajstić information content (AvgIpc) is 3.83. The van der Waals surface area contributed by atoms with Crippen molar-refractivity contribution < 1.29 is 19.7 Å². The summed E-state index contributed by atoms with van der Waals surface area (Å²) in [5, 5.41) is 26.0. The summed E-state index contributed by atoms with van der Waals surface area (Å²) in [6, 6.07) is 0. The molecule has 1 saturated heterocycles. The lowest BCUT2D eigenvalue weighted by Gasteiger charge is -2.17. The van der Waals surface area contributed by atoms with Gasteiger partial charge in [-0.3, -0.25) is 4.79 Å². The van der Waals surface area contributed by atoms with Crippen molar-refractivity contribution in [3.63, 3.8) is 0 Å². The number of aliphatic imine (C=N–C) groups is 3. The van der Waals surface area contributed by atoms with Crippen molar-refractivity contribution in [3.05, 3.63) is 91.5 Å². The number of carbonyl (C=O) groups excluding carboxylic acids is 1. The van der Waals surface area contributed by atoms with E-state index >= 15 is 0 Å². The number of unbranched alkanes of at least 4 members (excludes halogenated alkanes) is 6. The van der Waals surface area contributed by atoms with Gasteiger partial charge in [0.2, 0.25) is 0 Å². The third-order valence-corrected chi connectivity index (χ3v) is 11.2. The second kappa shape index (κ2) is 15.1. The third kappa shape index (κ3) is 6.83. The number of carbonyl (C=O) groups is 1. The van der Waals surface area contributed by atoms with Crippen LogP contribution in [0.3, 0.4) is 0 Å². The van der Waals surface area contributed by atoms with Crippen molar-refractivity contribution in [2.75, 3.05) is 6.61 Å². The van der Waals surface area contributed by atoms with Crippen molar-refractivity contribution in [1.82, 2.24) is 5.32 Å². The van der Waals surface area contributed by atoms with Crippen LogP contribution in [0.4, 0.5) is 0 Å². The molecule has 3 N–H and O–H groups in total. The molecule has 0 saturated carbocycles. The van der Waals surface area contributed by atoms with E-state index < -0.39 is 6.10 Å². The Morgan fingerprint density at radius 1 is 0.940 bits per heavy atom. The van der Waals surface area contributed by atoms with Gasteiger partial charge in [-0.2, -0.15) is 0 Å². The first-order valence-corrected chi connectivity index (χ1v) is 18.8. The van der Waals surface area contributed by atoms with Crippen LogP contribution in [-0.4, -0.2) is 46.0 Å². The summed E-state index contributed by atoms with van der Waals surface area (Å²) in [6.07, 6.45) is 15.8. The second-order valence-electron chi connectivity index (χ2n) is 14.6. The van der Waals surface area contributed by atoms with Gasteiger partial charge in [-0.15, -0.1) is 0 Å². The molecule has 0 aromatic rings. The Morgan fingerprint density at radius 3 is 2.36 bits per heavy atom. The minimum Gasteiger partial charge on any atom is -0.511 e. The number of ether oxygens (including phenoxy) is 1. The van der Waals surface area contributed by atoms with Crippen LogP contribution in [-0.2, 0) is 9.53 Å². The summed E-state index contributed by atoms with van der Waals surface area (Å²) < 4.78 is 5.68. The first-order chi connectivity index (χ1) is 24.0. The number of hydrogen-bond acceptors (Lipinski definition) is 8. The van der Waals surface area contributed by atoms with E-state index in [2.05, 4.69) is 39.1 Å². The Bertz CT molecular complexity index is 1820. The highest BCUT2D eigenvalue weighted by Gasteiger charge is 2.41. The van der Waals surface area contributed by atoms with E-state index in [9.17, 15) is 15.0 Å². The highest BCUT2D eigenvalue weighted by Crippen LogP contribution is 2.46. The number of nitrogens with one attached hydrogen (secondary N) is 1. The Balaban J connectivity index is 1.35. The van der Waals surface area contributed by atoms with E-state index in [1.165, 1.54) is 32.1 Å². The molecule has 8 heteroatoms. The van der Waals surface area contributed by atoms with Crippen LogP contribution in [0.1, 0.15) is 119 Å². The fourth-order valence-electron chi connectivity index (χ4n) is 8.24. The molecular formula is C42H54N4O4. The van der Waals surface area contributed by atoms with Gasteiger partial charge in [0, 0.05) is 52.8 Å². The van der Waals surface area contributed by atoms with Crippen molar-refractivity contribution in [2.24, 2.45) is 26.8 Å². The molecule has 5 heterocycles.